The molecule has 0 amide bonds. The average Bonchev–Trinajstić information content (AvgIpc) is 2.67. The largest absolute Gasteiger partial charge is 0.396 e. The van der Waals surface area contributed by atoms with Crippen LogP contribution in [0.5, 0.6) is 0 Å². The van der Waals surface area contributed by atoms with E-state index in [1.54, 1.807) is 0 Å². The molecule has 3 nitrogen and oxygen atoms in total. The minimum Gasteiger partial charge on any atom is -0.396 e. The Bertz CT molecular complexity index is 400. The summed E-state index contributed by atoms with van der Waals surface area (Å²) in [4.78, 5) is 6.06. The molecule has 2 N–H and O–H groups in total. The predicted molar refractivity (Wildman–Crippen MR) is 76.0 cm³/mol. The van der Waals surface area contributed by atoms with Crippen LogP contribution in [0, 0.1) is 12.3 Å². The zero-order valence-corrected chi connectivity index (χ0v) is 12.4. The lowest BCUT2D eigenvalue weighted by molar-refractivity contribution is 0.201. The van der Waals surface area contributed by atoms with E-state index in [2.05, 4.69) is 31.1 Å². The van der Waals surface area contributed by atoms with Crippen LogP contribution in [0.25, 0.3) is 0 Å². The summed E-state index contributed by atoms with van der Waals surface area (Å²) < 4.78 is 0. The van der Waals surface area contributed by atoms with Crippen molar-refractivity contribution in [2.24, 2.45) is 5.41 Å². The van der Waals surface area contributed by atoms with Gasteiger partial charge in [-0.3, -0.25) is 0 Å². The van der Waals surface area contributed by atoms with Crippen molar-refractivity contribution in [1.82, 2.24) is 10.3 Å². The van der Waals surface area contributed by atoms with Gasteiger partial charge < -0.3 is 10.4 Å². The highest BCUT2D eigenvalue weighted by Gasteiger charge is 2.26. The summed E-state index contributed by atoms with van der Waals surface area (Å²) in [6, 6.07) is 0.470. The number of thiazole rings is 1. The van der Waals surface area contributed by atoms with Gasteiger partial charge in [0.15, 0.2) is 0 Å². The summed E-state index contributed by atoms with van der Waals surface area (Å²) in [5, 5.41) is 13.9. The molecule has 0 spiro atoms. The van der Waals surface area contributed by atoms with Crippen LogP contribution in [-0.2, 0) is 6.42 Å². The van der Waals surface area contributed by atoms with E-state index in [4.69, 9.17) is 5.11 Å². The van der Waals surface area contributed by atoms with E-state index in [-0.39, 0.29) is 12.0 Å². The fraction of sp³-hybridized carbons (Fsp3) is 0.786. The summed E-state index contributed by atoms with van der Waals surface area (Å²) >= 11 is 1.84. The molecule has 1 atom stereocenters. The van der Waals surface area contributed by atoms with Crippen LogP contribution < -0.4 is 5.32 Å². The first-order chi connectivity index (χ1) is 8.52. The lowest BCUT2D eigenvalue weighted by Gasteiger charge is -2.29. The van der Waals surface area contributed by atoms with Gasteiger partial charge in [0.05, 0.1) is 10.7 Å². The Morgan fingerprint density at radius 1 is 1.50 bits per heavy atom. The van der Waals surface area contributed by atoms with Crippen molar-refractivity contribution in [2.45, 2.75) is 52.5 Å². The van der Waals surface area contributed by atoms with Crippen LogP contribution in [-0.4, -0.2) is 23.2 Å². The number of nitrogens with zero attached hydrogens (tertiary/aromatic N) is 1. The summed E-state index contributed by atoms with van der Waals surface area (Å²) in [5.41, 5.74) is 1.47. The number of aliphatic hydroxyl groups excluding tert-OH is 1. The number of rotatable bonds is 5. The molecule has 0 aliphatic heterocycles. The molecule has 0 bridgehead atoms. The molecular formula is C14H24N2OS. The lowest BCUT2D eigenvalue weighted by atomic mass is 9.88. The van der Waals surface area contributed by atoms with E-state index in [9.17, 15) is 0 Å². The highest BCUT2D eigenvalue weighted by molar-refractivity contribution is 7.11. The summed E-state index contributed by atoms with van der Waals surface area (Å²) in [5.74, 6) is 0. The summed E-state index contributed by atoms with van der Waals surface area (Å²) in [6.07, 6.45) is 4.43. The Labute approximate surface area is 114 Å². The maximum atomic E-state index is 9.06. The third kappa shape index (κ3) is 3.31. The molecule has 0 fully saturated rings. The third-order valence-corrected chi connectivity index (χ3v) is 4.80. The number of hydrogen-bond donors (Lipinski definition) is 2. The molecule has 1 aliphatic carbocycles. The Balaban J connectivity index is 1.99. The maximum Gasteiger partial charge on any atom is 0.0900 e. The monoisotopic (exact) mass is 268 g/mol. The highest BCUT2D eigenvalue weighted by atomic mass is 32.1. The standard InChI is InChI=1S/C14H24N2OS/c1-10-16-12-6-4-5-11(13(12)18-10)15-9-14(2,3)7-8-17/h11,15,17H,4-9H2,1-3H3. The molecule has 1 aromatic heterocycles. The molecule has 0 saturated heterocycles. The van der Waals surface area contributed by atoms with Crippen LogP contribution in [0.4, 0.5) is 0 Å². The van der Waals surface area contributed by atoms with Crippen LogP contribution in [0.1, 0.15) is 54.7 Å². The van der Waals surface area contributed by atoms with E-state index in [0.717, 1.165) is 19.4 Å². The second-order valence-corrected chi connectivity index (χ2v) is 7.24. The van der Waals surface area contributed by atoms with Crippen LogP contribution >= 0.6 is 11.3 Å². The van der Waals surface area contributed by atoms with Crippen molar-refractivity contribution < 1.29 is 5.11 Å². The highest BCUT2D eigenvalue weighted by Crippen LogP contribution is 2.34. The average molecular weight is 268 g/mol. The topological polar surface area (TPSA) is 45.2 Å². The van der Waals surface area contributed by atoms with Gasteiger partial charge in [-0.05, 0) is 38.0 Å². The normalized spacial score (nSPS) is 19.9. The maximum absolute atomic E-state index is 9.06. The number of aromatic nitrogens is 1. The molecule has 4 heteroatoms. The number of hydrogen-bond acceptors (Lipinski definition) is 4. The number of nitrogens with one attached hydrogen (secondary N) is 1. The minimum atomic E-state index is 0.159. The van der Waals surface area contributed by atoms with E-state index in [1.807, 2.05) is 11.3 Å². The number of aryl methyl sites for hydroxylation is 2. The molecule has 18 heavy (non-hydrogen) atoms. The van der Waals surface area contributed by atoms with E-state index < -0.39 is 0 Å². The minimum absolute atomic E-state index is 0.159. The fourth-order valence-electron chi connectivity index (χ4n) is 2.53. The molecule has 1 aromatic rings. The van der Waals surface area contributed by atoms with Crippen molar-refractivity contribution in [2.75, 3.05) is 13.2 Å². The van der Waals surface area contributed by atoms with Gasteiger partial charge >= 0.3 is 0 Å². The van der Waals surface area contributed by atoms with Crippen molar-refractivity contribution in [3.63, 3.8) is 0 Å². The van der Waals surface area contributed by atoms with Gasteiger partial charge in [-0.2, -0.15) is 0 Å². The van der Waals surface area contributed by atoms with Gasteiger partial charge in [0.2, 0.25) is 0 Å². The third-order valence-electron chi connectivity index (χ3n) is 3.67. The molecule has 0 saturated carbocycles. The summed E-state index contributed by atoms with van der Waals surface area (Å²) in [7, 11) is 0. The van der Waals surface area contributed by atoms with Crippen molar-refractivity contribution in [3.05, 3.63) is 15.6 Å². The second-order valence-electron chi connectivity index (χ2n) is 6.01. The first-order valence-electron chi connectivity index (χ1n) is 6.82. The van der Waals surface area contributed by atoms with Gasteiger partial charge in [-0.1, -0.05) is 13.8 Å². The molecule has 1 heterocycles. The molecule has 1 unspecified atom stereocenters. The zero-order valence-electron chi connectivity index (χ0n) is 11.6. The zero-order chi connectivity index (χ0) is 13.2. The second kappa shape index (κ2) is 5.68. The van der Waals surface area contributed by atoms with E-state index >= 15 is 0 Å². The van der Waals surface area contributed by atoms with Gasteiger partial charge in [-0.25, -0.2) is 4.98 Å². The molecule has 0 aromatic carbocycles. The van der Waals surface area contributed by atoms with Gasteiger partial charge in [0, 0.05) is 24.1 Å². The SMILES string of the molecule is Cc1nc2c(s1)C(NCC(C)(C)CCO)CCC2. The summed E-state index contributed by atoms with van der Waals surface area (Å²) in [6.45, 7) is 7.73. The fourth-order valence-corrected chi connectivity index (χ4v) is 3.61. The van der Waals surface area contributed by atoms with Crippen molar-refractivity contribution in [1.29, 1.82) is 0 Å². The van der Waals surface area contributed by atoms with Crippen molar-refractivity contribution in [3.8, 4) is 0 Å². The van der Waals surface area contributed by atoms with E-state index in [0.29, 0.717) is 6.04 Å². The van der Waals surface area contributed by atoms with Crippen LogP contribution in [0.15, 0.2) is 0 Å². The quantitative estimate of drug-likeness (QED) is 0.863. The number of aliphatic hydroxyl groups is 1. The molecule has 2 rings (SSSR count). The first kappa shape index (κ1) is 14.0. The molecule has 102 valence electrons. The van der Waals surface area contributed by atoms with E-state index in [1.165, 1.54) is 28.4 Å². The van der Waals surface area contributed by atoms with Gasteiger partial charge in [0.25, 0.3) is 0 Å². The molecule has 0 radical (unpaired) electrons. The Morgan fingerprint density at radius 3 is 3.00 bits per heavy atom. The number of fused-ring (bicyclic) bond motifs is 1. The molecule has 1 aliphatic rings. The first-order valence-corrected chi connectivity index (χ1v) is 7.64. The van der Waals surface area contributed by atoms with Crippen LogP contribution in [0.3, 0.4) is 0 Å². The van der Waals surface area contributed by atoms with Crippen molar-refractivity contribution >= 4 is 11.3 Å². The molecular weight excluding hydrogens is 244 g/mol. The van der Waals surface area contributed by atoms with Crippen LogP contribution in [0.2, 0.25) is 0 Å². The van der Waals surface area contributed by atoms with Gasteiger partial charge in [-0.15, -0.1) is 11.3 Å². The smallest absolute Gasteiger partial charge is 0.0900 e. The Hall–Kier alpha value is -0.450. The van der Waals surface area contributed by atoms with Gasteiger partial charge in [0.1, 0.15) is 0 Å². The Morgan fingerprint density at radius 2 is 2.28 bits per heavy atom. The Kier molecular flexibility index (Phi) is 4.41. The predicted octanol–water partition coefficient (Wildman–Crippen LogP) is 2.83. The lowest BCUT2D eigenvalue weighted by Crippen LogP contribution is -2.34.